The van der Waals surface area contributed by atoms with Crippen molar-refractivity contribution >= 4 is 21.6 Å². The van der Waals surface area contributed by atoms with Gasteiger partial charge < -0.3 is 9.84 Å². The van der Waals surface area contributed by atoms with Gasteiger partial charge in [0.2, 0.25) is 10.0 Å². The van der Waals surface area contributed by atoms with E-state index in [0.29, 0.717) is 23.4 Å². The summed E-state index contributed by atoms with van der Waals surface area (Å²) >= 11 is 0. The Balaban J connectivity index is 1.46. The van der Waals surface area contributed by atoms with Gasteiger partial charge in [0, 0.05) is 29.9 Å². The summed E-state index contributed by atoms with van der Waals surface area (Å²) in [6.07, 6.45) is 2.73. The van der Waals surface area contributed by atoms with Gasteiger partial charge in [-0.25, -0.2) is 12.8 Å². The zero-order valence-electron chi connectivity index (χ0n) is 17.8. The first-order valence-electron chi connectivity index (χ1n) is 10.4. The lowest BCUT2D eigenvalue weighted by Crippen LogP contribution is -2.41. The van der Waals surface area contributed by atoms with Crippen molar-refractivity contribution in [3.8, 4) is 11.3 Å². The number of hydrogen-bond acceptors (Lipinski definition) is 5. The molecule has 9 heteroatoms. The van der Waals surface area contributed by atoms with Crippen LogP contribution < -0.4 is 5.32 Å². The molecule has 0 radical (unpaired) electrons. The molecule has 0 saturated carbocycles. The third kappa shape index (κ3) is 4.44. The number of nitrogens with zero attached hydrogens (tertiary/aromatic N) is 2. The number of aryl methyl sites for hydroxylation is 1. The van der Waals surface area contributed by atoms with Crippen LogP contribution in [0.3, 0.4) is 0 Å². The van der Waals surface area contributed by atoms with Crippen LogP contribution in [0.4, 0.5) is 10.1 Å². The van der Waals surface area contributed by atoms with E-state index in [4.69, 9.17) is 4.52 Å². The highest BCUT2D eigenvalue weighted by atomic mass is 32.2. The van der Waals surface area contributed by atoms with E-state index in [1.165, 1.54) is 40.7 Å². The van der Waals surface area contributed by atoms with Crippen LogP contribution in [0.5, 0.6) is 0 Å². The van der Waals surface area contributed by atoms with Gasteiger partial charge in [-0.15, -0.1) is 0 Å². The second-order valence-corrected chi connectivity index (χ2v) is 9.87. The van der Waals surface area contributed by atoms with E-state index in [-0.39, 0.29) is 28.2 Å². The molecule has 1 atom stereocenters. The highest BCUT2D eigenvalue weighted by Gasteiger charge is 2.30. The summed E-state index contributed by atoms with van der Waals surface area (Å²) in [5.74, 6) is -0.627. The maximum absolute atomic E-state index is 13.8. The number of rotatable bonds is 5. The number of halogens is 1. The standard InChI is InChI=1S/C23H24FN3O4S/c1-15-6-7-17(13-20(15)24)22-14-21(26-31-22)23(28)25-18-8-10-19(11-9-18)32(29,30)27-12-4-3-5-16(27)2/h6-11,13-14,16H,3-5,12H2,1-2H3,(H,25,28). The molecule has 32 heavy (non-hydrogen) atoms. The first kappa shape index (κ1) is 22.2. The number of anilines is 1. The maximum atomic E-state index is 13.8. The molecule has 2 heterocycles. The number of carbonyl (C=O) groups excluding carboxylic acids is 1. The molecule has 0 aliphatic carbocycles. The Kier molecular flexibility index (Phi) is 6.12. The number of amides is 1. The summed E-state index contributed by atoms with van der Waals surface area (Å²) in [6.45, 7) is 4.09. The molecule has 1 aliphatic heterocycles. The zero-order valence-corrected chi connectivity index (χ0v) is 18.7. The molecule has 7 nitrogen and oxygen atoms in total. The van der Waals surface area contributed by atoms with E-state index in [1.807, 2.05) is 6.92 Å². The minimum Gasteiger partial charge on any atom is -0.355 e. The Morgan fingerprint density at radius 2 is 1.91 bits per heavy atom. The molecule has 1 saturated heterocycles. The highest BCUT2D eigenvalue weighted by molar-refractivity contribution is 7.89. The predicted octanol–water partition coefficient (Wildman–Crippen LogP) is 4.60. The Hall–Kier alpha value is -3.04. The van der Waals surface area contributed by atoms with Crippen molar-refractivity contribution in [3.63, 3.8) is 0 Å². The molecule has 1 aromatic heterocycles. The van der Waals surface area contributed by atoms with Crippen LogP contribution in [0.15, 0.2) is 57.9 Å². The van der Waals surface area contributed by atoms with E-state index in [1.54, 1.807) is 19.1 Å². The van der Waals surface area contributed by atoms with Gasteiger partial charge >= 0.3 is 0 Å². The van der Waals surface area contributed by atoms with Gasteiger partial charge in [-0.2, -0.15) is 4.31 Å². The van der Waals surface area contributed by atoms with Gasteiger partial charge in [-0.05, 0) is 62.6 Å². The molecule has 1 aliphatic rings. The van der Waals surface area contributed by atoms with Crippen LogP contribution in [0.2, 0.25) is 0 Å². The van der Waals surface area contributed by atoms with E-state index in [0.717, 1.165) is 19.3 Å². The Morgan fingerprint density at radius 3 is 2.59 bits per heavy atom. The van der Waals surface area contributed by atoms with E-state index in [9.17, 15) is 17.6 Å². The van der Waals surface area contributed by atoms with Gasteiger partial charge in [0.25, 0.3) is 5.91 Å². The van der Waals surface area contributed by atoms with E-state index < -0.39 is 15.9 Å². The number of piperidine rings is 1. The molecule has 0 bridgehead atoms. The van der Waals surface area contributed by atoms with E-state index >= 15 is 0 Å². The summed E-state index contributed by atoms with van der Waals surface area (Å²) in [5, 5.41) is 6.42. The van der Waals surface area contributed by atoms with Crippen molar-refractivity contribution < 1.29 is 22.1 Å². The summed E-state index contributed by atoms with van der Waals surface area (Å²) in [7, 11) is -3.58. The molecule has 0 spiro atoms. The topological polar surface area (TPSA) is 92.5 Å². The van der Waals surface area contributed by atoms with Gasteiger partial charge in [0.05, 0.1) is 4.90 Å². The lowest BCUT2D eigenvalue weighted by atomic mass is 10.1. The minimum absolute atomic E-state index is 0.0276. The summed E-state index contributed by atoms with van der Waals surface area (Å²) in [4.78, 5) is 12.7. The third-order valence-corrected chi connectivity index (χ3v) is 7.69. The molecule has 1 amide bonds. The smallest absolute Gasteiger partial charge is 0.277 e. The number of benzene rings is 2. The molecular weight excluding hydrogens is 433 g/mol. The van der Waals surface area contributed by atoms with Crippen molar-refractivity contribution in [1.82, 2.24) is 9.46 Å². The number of aromatic nitrogens is 1. The minimum atomic E-state index is -3.58. The number of nitrogens with one attached hydrogen (secondary N) is 1. The first-order chi connectivity index (χ1) is 15.3. The Labute approximate surface area is 186 Å². The molecule has 1 fully saturated rings. The predicted molar refractivity (Wildman–Crippen MR) is 118 cm³/mol. The van der Waals surface area contributed by atoms with Crippen LogP contribution in [0.25, 0.3) is 11.3 Å². The first-order valence-corrected chi connectivity index (χ1v) is 11.9. The van der Waals surface area contributed by atoms with Crippen molar-refractivity contribution in [3.05, 3.63) is 65.6 Å². The van der Waals surface area contributed by atoms with Crippen LogP contribution in [0, 0.1) is 12.7 Å². The molecule has 4 rings (SSSR count). The lowest BCUT2D eigenvalue weighted by molar-refractivity contribution is 0.101. The molecular formula is C23H24FN3O4S. The fourth-order valence-corrected chi connectivity index (χ4v) is 5.43. The zero-order chi connectivity index (χ0) is 22.9. The van der Waals surface area contributed by atoms with Gasteiger partial charge in [-0.1, -0.05) is 23.7 Å². The third-order valence-electron chi connectivity index (χ3n) is 5.66. The Morgan fingerprint density at radius 1 is 1.16 bits per heavy atom. The highest BCUT2D eigenvalue weighted by Crippen LogP contribution is 2.26. The van der Waals surface area contributed by atoms with Crippen LogP contribution in [0.1, 0.15) is 42.2 Å². The largest absolute Gasteiger partial charge is 0.355 e. The van der Waals surface area contributed by atoms with Crippen LogP contribution >= 0.6 is 0 Å². The molecule has 3 aromatic rings. The molecule has 1 N–H and O–H groups in total. The quantitative estimate of drug-likeness (QED) is 0.604. The summed E-state index contributed by atoms with van der Waals surface area (Å²) in [5.41, 5.74) is 1.43. The second-order valence-electron chi connectivity index (χ2n) is 7.98. The normalized spacial score (nSPS) is 17.3. The fraction of sp³-hybridized carbons (Fsp3) is 0.304. The van der Waals surface area contributed by atoms with Crippen molar-refractivity contribution in [2.75, 3.05) is 11.9 Å². The summed E-state index contributed by atoms with van der Waals surface area (Å²) in [6, 6.07) is 12.1. The SMILES string of the molecule is Cc1ccc(-c2cc(C(=O)Nc3ccc(S(=O)(=O)N4CCCCC4C)cc3)no2)cc1F. The van der Waals surface area contributed by atoms with Gasteiger partial charge in [-0.3, -0.25) is 4.79 Å². The van der Waals surface area contributed by atoms with Crippen molar-refractivity contribution in [2.24, 2.45) is 0 Å². The van der Waals surface area contributed by atoms with Gasteiger partial charge in [0.15, 0.2) is 11.5 Å². The number of hydrogen-bond donors (Lipinski definition) is 1. The number of carbonyl (C=O) groups is 1. The van der Waals surface area contributed by atoms with Crippen LogP contribution in [-0.2, 0) is 10.0 Å². The van der Waals surface area contributed by atoms with Crippen molar-refractivity contribution in [1.29, 1.82) is 0 Å². The second kappa shape index (κ2) is 8.84. The molecule has 1 unspecified atom stereocenters. The monoisotopic (exact) mass is 457 g/mol. The maximum Gasteiger partial charge on any atom is 0.277 e. The Bertz CT molecular complexity index is 1240. The lowest BCUT2D eigenvalue weighted by Gasteiger charge is -2.32. The molecule has 168 valence electrons. The number of sulfonamides is 1. The summed E-state index contributed by atoms with van der Waals surface area (Å²) < 4.78 is 46.4. The average Bonchev–Trinajstić information content (AvgIpc) is 3.27. The van der Waals surface area contributed by atoms with Gasteiger partial charge in [0.1, 0.15) is 5.82 Å². The molecule has 2 aromatic carbocycles. The average molecular weight is 458 g/mol. The van der Waals surface area contributed by atoms with E-state index in [2.05, 4.69) is 10.5 Å². The fourth-order valence-electron chi connectivity index (χ4n) is 3.73. The van der Waals surface area contributed by atoms with Crippen molar-refractivity contribution in [2.45, 2.75) is 44.0 Å². The van der Waals surface area contributed by atoms with Crippen LogP contribution in [-0.4, -0.2) is 36.4 Å².